The largest absolute Gasteiger partial charge is 0.431 e. The minimum atomic E-state index is -5.01. The van der Waals surface area contributed by atoms with Crippen LogP contribution in [-0.2, 0) is 10.9 Å². The molecule has 4 heterocycles. The fourth-order valence-electron chi connectivity index (χ4n) is 3.87. The molecule has 33 heavy (non-hydrogen) atoms. The standard InChI is InChI=1S/C20H19F6N5O2/c1-10-8-27-4-5-31(9-10)14-7-11(19(21,22)23)6-13(29-14)12-2-3-28-17-15(12)16(20(24,25)26)33-18(32)30-17/h2-3,6-7,10,16,27H,4-5,8-9H2,1H3,(H,28,30,32). The quantitative estimate of drug-likeness (QED) is 0.628. The highest BCUT2D eigenvalue weighted by molar-refractivity contribution is 5.89. The topological polar surface area (TPSA) is 79.4 Å². The molecule has 0 bridgehead atoms. The number of ether oxygens (including phenoxy) is 1. The Morgan fingerprint density at radius 1 is 1.18 bits per heavy atom. The molecule has 2 aliphatic heterocycles. The molecule has 0 saturated carbocycles. The molecule has 2 unspecified atom stereocenters. The molecule has 7 nitrogen and oxygen atoms in total. The predicted molar refractivity (Wildman–Crippen MR) is 106 cm³/mol. The SMILES string of the molecule is CC1CNCCN(c2cc(C(F)(F)F)cc(-c3ccnc4c3C(C(F)(F)F)OC(=O)N4)n2)C1. The number of carbonyl (C=O) groups excluding carboxylic acids is 1. The summed E-state index contributed by atoms with van der Waals surface area (Å²) in [4.78, 5) is 21.3. The van der Waals surface area contributed by atoms with Crippen molar-refractivity contribution < 1.29 is 35.9 Å². The number of alkyl halides is 6. The van der Waals surface area contributed by atoms with E-state index < -0.39 is 41.5 Å². The molecule has 0 spiro atoms. The van der Waals surface area contributed by atoms with Crippen LogP contribution in [0.15, 0.2) is 24.4 Å². The number of aromatic nitrogens is 2. The van der Waals surface area contributed by atoms with Gasteiger partial charge < -0.3 is 15.0 Å². The zero-order valence-electron chi connectivity index (χ0n) is 17.2. The van der Waals surface area contributed by atoms with E-state index in [4.69, 9.17) is 0 Å². The molecule has 1 saturated heterocycles. The first kappa shape index (κ1) is 23.1. The van der Waals surface area contributed by atoms with E-state index in [9.17, 15) is 31.1 Å². The maximum atomic E-state index is 13.7. The Labute approximate surface area is 184 Å². The summed E-state index contributed by atoms with van der Waals surface area (Å²) in [6.07, 6.45) is -12.7. The number of anilines is 2. The number of carbonyl (C=O) groups is 1. The Hall–Kier alpha value is -3.09. The van der Waals surface area contributed by atoms with Gasteiger partial charge in [-0.3, -0.25) is 5.32 Å². The highest BCUT2D eigenvalue weighted by Gasteiger charge is 2.49. The third kappa shape index (κ3) is 4.82. The van der Waals surface area contributed by atoms with Crippen LogP contribution in [0.1, 0.15) is 24.2 Å². The Balaban J connectivity index is 1.89. The maximum absolute atomic E-state index is 13.7. The maximum Gasteiger partial charge on any atom is 0.430 e. The van der Waals surface area contributed by atoms with Crippen LogP contribution in [0.5, 0.6) is 0 Å². The molecule has 2 atom stereocenters. The van der Waals surface area contributed by atoms with Crippen molar-refractivity contribution in [2.75, 3.05) is 36.4 Å². The number of amides is 1. The summed E-state index contributed by atoms with van der Waals surface area (Å²) in [5, 5.41) is 5.24. The Morgan fingerprint density at radius 2 is 1.94 bits per heavy atom. The van der Waals surface area contributed by atoms with Crippen LogP contribution in [0.25, 0.3) is 11.3 Å². The number of pyridine rings is 2. The normalized spacial score (nSPS) is 21.7. The molecule has 2 N–H and O–H groups in total. The first-order chi connectivity index (χ1) is 15.4. The number of halogens is 6. The van der Waals surface area contributed by atoms with E-state index in [2.05, 4.69) is 25.3 Å². The van der Waals surface area contributed by atoms with Gasteiger partial charge in [-0.2, -0.15) is 26.3 Å². The van der Waals surface area contributed by atoms with Gasteiger partial charge in [-0.15, -0.1) is 0 Å². The fourth-order valence-corrected chi connectivity index (χ4v) is 3.87. The number of nitrogens with one attached hydrogen (secondary N) is 2. The van der Waals surface area contributed by atoms with Gasteiger partial charge >= 0.3 is 18.4 Å². The van der Waals surface area contributed by atoms with Gasteiger partial charge in [-0.1, -0.05) is 6.92 Å². The molecular weight excluding hydrogens is 456 g/mol. The molecule has 2 aliphatic rings. The van der Waals surface area contributed by atoms with E-state index in [-0.39, 0.29) is 23.0 Å². The van der Waals surface area contributed by atoms with E-state index >= 15 is 0 Å². The number of cyclic esters (lactones) is 1. The lowest BCUT2D eigenvalue weighted by molar-refractivity contribution is -0.206. The minimum absolute atomic E-state index is 0.00902. The highest BCUT2D eigenvalue weighted by atomic mass is 19.4. The number of nitrogens with zero attached hydrogens (tertiary/aromatic N) is 3. The van der Waals surface area contributed by atoms with Crippen LogP contribution in [0.4, 0.5) is 42.8 Å². The van der Waals surface area contributed by atoms with Gasteiger partial charge in [0.1, 0.15) is 11.6 Å². The molecule has 0 aromatic carbocycles. The molecule has 0 aliphatic carbocycles. The van der Waals surface area contributed by atoms with Crippen LogP contribution >= 0.6 is 0 Å². The van der Waals surface area contributed by atoms with Crippen molar-refractivity contribution in [2.45, 2.75) is 25.4 Å². The second-order valence-electron chi connectivity index (χ2n) is 7.93. The van der Waals surface area contributed by atoms with Crippen molar-refractivity contribution in [1.82, 2.24) is 15.3 Å². The molecule has 178 valence electrons. The number of rotatable bonds is 2. The number of hydrogen-bond donors (Lipinski definition) is 2. The van der Waals surface area contributed by atoms with Crippen LogP contribution < -0.4 is 15.5 Å². The number of hydrogen-bond acceptors (Lipinski definition) is 6. The molecule has 1 fully saturated rings. The van der Waals surface area contributed by atoms with Gasteiger partial charge in [0.2, 0.25) is 6.10 Å². The second kappa shape index (κ2) is 8.36. The fraction of sp³-hybridized carbons (Fsp3) is 0.450. The predicted octanol–water partition coefficient (Wildman–Crippen LogP) is 4.37. The van der Waals surface area contributed by atoms with E-state index in [1.165, 1.54) is 0 Å². The first-order valence-electron chi connectivity index (χ1n) is 10.0. The van der Waals surface area contributed by atoms with Crippen LogP contribution in [-0.4, -0.2) is 48.4 Å². The van der Waals surface area contributed by atoms with Crippen LogP contribution in [0, 0.1) is 5.92 Å². The van der Waals surface area contributed by atoms with Crippen LogP contribution in [0.3, 0.4) is 0 Å². The third-order valence-corrected chi connectivity index (χ3v) is 5.32. The van der Waals surface area contributed by atoms with Crippen LogP contribution in [0.2, 0.25) is 0 Å². The lowest BCUT2D eigenvalue weighted by Crippen LogP contribution is -2.34. The summed E-state index contributed by atoms with van der Waals surface area (Å²) in [7, 11) is 0. The van der Waals surface area contributed by atoms with E-state index in [0.717, 1.165) is 18.3 Å². The van der Waals surface area contributed by atoms with Crippen molar-refractivity contribution in [3.05, 3.63) is 35.5 Å². The van der Waals surface area contributed by atoms with E-state index in [0.29, 0.717) is 32.2 Å². The average molecular weight is 475 g/mol. The molecule has 4 rings (SSSR count). The molecule has 13 heteroatoms. The summed E-state index contributed by atoms with van der Waals surface area (Å²) in [6, 6.07) is 2.69. The van der Waals surface area contributed by atoms with Crippen molar-refractivity contribution in [2.24, 2.45) is 5.92 Å². The summed E-state index contributed by atoms with van der Waals surface area (Å²) >= 11 is 0. The molecular formula is C20H19F6N5O2. The summed E-state index contributed by atoms with van der Waals surface area (Å²) in [6.45, 7) is 3.90. The zero-order valence-corrected chi connectivity index (χ0v) is 17.2. The summed E-state index contributed by atoms with van der Waals surface area (Å²) < 4.78 is 86.6. The van der Waals surface area contributed by atoms with Crippen molar-refractivity contribution in [3.8, 4) is 11.3 Å². The zero-order chi connectivity index (χ0) is 24.0. The van der Waals surface area contributed by atoms with Gasteiger partial charge in [0.25, 0.3) is 0 Å². The Kier molecular flexibility index (Phi) is 5.85. The lowest BCUT2D eigenvalue weighted by atomic mass is 9.98. The van der Waals surface area contributed by atoms with Gasteiger partial charge in [-0.05, 0) is 30.7 Å². The van der Waals surface area contributed by atoms with Crippen molar-refractivity contribution in [1.29, 1.82) is 0 Å². The average Bonchev–Trinajstić information content (AvgIpc) is 2.95. The highest BCUT2D eigenvalue weighted by Crippen LogP contribution is 2.46. The van der Waals surface area contributed by atoms with Gasteiger partial charge in [0.05, 0.1) is 16.8 Å². The Bertz CT molecular complexity index is 1060. The van der Waals surface area contributed by atoms with Gasteiger partial charge in [-0.25, -0.2) is 14.8 Å². The lowest BCUT2D eigenvalue weighted by Gasteiger charge is -2.29. The van der Waals surface area contributed by atoms with Gasteiger partial charge in [0.15, 0.2) is 0 Å². The Morgan fingerprint density at radius 3 is 2.64 bits per heavy atom. The first-order valence-corrected chi connectivity index (χ1v) is 10.0. The minimum Gasteiger partial charge on any atom is -0.431 e. The van der Waals surface area contributed by atoms with E-state index in [1.54, 1.807) is 4.90 Å². The van der Waals surface area contributed by atoms with Crippen molar-refractivity contribution >= 4 is 17.7 Å². The molecule has 2 aromatic heterocycles. The van der Waals surface area contributed by atoms with Crippen molar-refractivity contribution in [3.63, 3.8) is 0 Å². The van der Waals surface area contributed by atoms with Gasteiger partial charge in [0, 0.05) is 31.4 Å². The molecule has 2 aromatic rings. The monoisotopic (exact) mass is 475 g/mol. The number of fused-ring (bicyclic) bond motifs is 1. The smallest absolute Gasteiger partial charge is 0.430 e. The molecule has 0 radical (unpaired) electrons. The molecule has 1 amide bonds. The summed E-state index contributed by atoms with van der Waals surface area (Å²) in [5.41, 5.74) is -2.26. The third-order valence-electron chi connectivity index (χ3n) is 5.32. The second-order valence-corrected chi connectivity index (χ2v) is 7.93. The van der Waals surface area contributed by atoms with E-state index in [1.807, 2.05) is 6.92 Å². The summed E-state index contributed by atoms with van der Waals surface area (Å²) in [5.74, 6) is -0.344.